The lowest BCUT2D eigenvalue weighted by atomic mass is 9.81. The topological polar surface area (TPSA) is 42.2 Å². The minimum absolute atomic E-state index is 0.123. The predicted octanol–water partition coefficient (Wildman–Crippen LogP) is 13.3. The molecule has 0 spiro atoms. The van der Waals surface area contributed by atoms with Crippen molar-refractivity contribution in [2.75, 3.05) is 4.90 Å². The van der Waals surface area contributed by atoms with Crippen LogP contribution in [-0.4, -0.2) is 9.97 Å². The maximum atomic E-state index is 6.47. The second kappa shape index (κ2) is 10.8. The average Bonchev–Trinajstić information content (AvgIpc) is 3.82. The molecule has 0 radical (unpaired) electrons. The molecule has 0 unspecified atom stereocenters. The van der Waals surface area contributed by atoms with Crippen molar-refractivity contribution >= 4 is 81.5 Å². The van der Waals surface area contributed by atoms with E-state index in [0.717, 1.165) is 54.7 Å². The Morgan fingerprint density at radius 3 is 2.23 bits per heavy atom. The van der Waals surface area contributed by atoms with Gasteiger partial charge in [-0.05, 0) is 93.4 Å². The Labute approximate surface area is 304 Å². The van der Waals surface area contributed by atoms with E-state index in [1.54, 1.807) is 23.7 Å². The molecular formula is C47H31N3OS. The first-order valence-electron chi connectivity index (χ1n) is 17.6. The van der Waals surface area contributed by atoms with Crippen molar-refractivity contribution in [1.29, 1.82) is 0 Å². The molecule has 0 saturated carbocycles. The first-order valence-corrected chi connectivity index (χ1v) is 18.5. The normalized spacial score (nSPS) is 13.3. The van der Waals surface area contributed by atoms with Crippen LogP contribution in [0.25, 0.3) is 75.4 Å². The lowest BCUT2D eigenvalue weighted by molar-refractivity contribution is 0.661. The smallest absolute Gasteiger partial charge is 0.143 e. The third-order valence-electron chi connectivity index (χ3n) is 11.0. The van der Waals surface area contributed by atoms with Crippen molar-refractivity contribution in [1.82, 2.24) is 9.97 Å². The van der Waals surface area contributed by atoms with Crippen LogP contribution in [0, 0.1) is 0 Å². The number of thiophene rings is 1. The highest BCUT2D eigenvalue weighted by atomic mass is 32.1. The molecule has 10 aromatic rings. The lowest BCUT2D eigenvalue weighted by Gasteiger charge is -2.28. The molecule has 0 aliphatic heterocycles. The number of rotatable bonds is 4. The zero-order valence-corrected chi connectivity index (χ0v) is 29.4. The zero-order chi connectivity index (χ0) is 34.6. The quantitative estimate of drug-likeness (QED) is 0.185. The van der Waals surface area contributed by atoms with Crippen molar-refractivity contribution < 1.29 is 4.42 Å². The Hall–Kier alpha value is -6.30. The number of aromatic nitrogens is 2. The van der Waals surface area contributed by atoms with E-state index in [-0.39, 0.29) is 5.41 Å². The van der Waals surface area contributed by atoms with Crippen LogP contribution >= 0.6 is 11.3 Å². The average molecular weight is 686 g/mol. The third kappa shape index (κ3) is 4.20. The standard InChI is InChI=1S/C47H31N3OS/c1-47(2)39-14-8-6-12-32(39)36-26-37-35(27-40(36)47)31(28-10-4-3-5-11-28)19-20-41(37)50(29-17-21-44-38(24-29)45-46(52-44)49-23-22-48-45)30-16-18-34-33-13-7-9-15-42(33)51-43(34)25-30/h3-27H,1-2H3. The van der Waals surface area contributed by atoms with Crippen LogP contribution in [0.2, 0.25) is 0 Å². The van der Waals surface area contributed by atoms with Crippen LogP contribution in [-0.2, 0) is 5.41 Å². The van der Waals surface area contributed by atoms with Crippen LogP contribution in [0.1, 0.15) is 25.0 Å². The summed E-state index contributed by atoms with van der Waals surface area (Å²) in [5, 5.41) is 5.74. The fraction of sp³-hybridized carbons (Fsp3) is 0.0638. The SMILES string of the molecule is CC1(C)c2ccccc2-c2cc3c(N(c4ccc5c(c4)oc4ccccc45)c4ccc5sc6nccnc6c5c4)ccc(-c4ccccc4)c3cc21. The molecular weight excluding hydrogens is 655 g/mol. The first kappa shape index (κ1) is 29.4. The van der Waals surface area contributed by atoms with Crippen molar-refractivity contribution in [2.24, 2.45) is 0 Å². The Balaban J connectivity index is 1.23. The molecule has 0 amide bonds. The van der Waals surface area contributed by atoms with E-state index in [2.05, 4.69) is 151 Å². The molecule has 0 bridgehead atoms. The molecule has 11 rings (SSSR count). The van der Waals surface area contributed by atoms with Crippen LogP contribution in [0.4, 0.5) is 17.1 Å². The van der Waals surface area contributed by atoms with Gasteiger partial charge in [0.25, 0.3) is 0 Å². The Morgan fingerprint density at radius 2 is 1.31 bits per heavy atom. The van der Waals surface area contributed by atoms with Gasteiger partial charge < -0.3 is 9.32 Å². The van der Waals surface area contributed by atoms with Crippen molar-refractivity contribution in [3.05, 3.63) is 163 Å². The van der Waals surface area contributed by atoms with E-state index >= 15 is 0 Å². The van der Waals surface area contributed by atoms with Gasteiger partial charge in [-0.1, -0.05) is 92.7 Å². The van der Waals surface area contributed by atoms with E-state index in [0.29, 0.717) is 0 Å². The summed E-state index contributed by atoms with van der Waals surface area (Å²) in [6.07, 6.45) is 3.55. The minimum atomic E-state index is -0.123. The number of fused-ring (bicyclic) bond motifs is 10. The van der Waals surface area contributed by atoms with Gasteiger partial charge in [0, 0.05) is 61.5 Å². The van der Waals surface area contributed by atoms with Crippen LogP contribution < -0.4 is 4.90 Å². The fourth-order valence-corrected chi connectivity index (χ4v) is 9.47. The summed E-state index contributed by atoms with van der Waals surface area (Å²) in [6.45, 7) is 4.71. The predicted molar refractivity (Wildman–Crippen MR) is 217 cm³/mol. The Kier molecular flexibility index (Phi) is 6.14. The molecule has 1 aliphatic carbocycles. The van der Waals surface area contributed by atoms with Gasteiger partial charge in [0.2, 0.25) is 0 Å². The Bertz CT molecular complexity index is 3070. The highest BCUT2D eigenvalue weighted by Gasteiger charge is 2.36. The molecule has 3 heterocycles. The van der Waals surface area contributed by atoms with Gasteiger partial charge in [0.05, 0.1) is 5.69 Å². The maximum absolute atomic E-state index is 6.47. The molecule has 7 aromatic carbocycles. The van der Waals surface area contributed by atoms with Gasteiger partial charge >= 0.3 is 0 Å². The largest absolute Gasteiger partial charge is 0.456 e. The number of nitrogens with zero attached hydrogens (tertiary/aromatic N) is 3. The molecule has 4 nitrogen and oxygen atoms in total. The molecule has 0 N–H and O–H groups in total. The van der Waals surface area contributed by atoms with Crippen molar-refractivity contribution in [3.8, 4) is 22.3 Å². The van der Waals surface area contributed by atoms with E-state index in [1.165, 1.54) is 48.9 Å². The number of anilines is 3. The lowest BCUT2D eigenvalue weighted by Crippen LogP contribution is -2.15. The molecule has 52 heavy (non-hydrogen) atoms. The second-order valence-electron chi connectivity index (χ2n) is 14.2. The summed E-state index contributed by atoms with van der Waals surface area (Å²) < 4.78 is 7.64. The monoisotopic (exact) mass is 685 g/mol. The minimum Gasteiger partial charge on any atom is -0.456 e. The van der Waals surface area contributed by atoms with Crippen molar-refractivity contribution in [3.63, 3.8) is 0 Å². The van der Waals surface area contributed by atoms with Crippen LogP contribution in [0.5, 0.6) is 0 Å². The van der Waals surface area contributed by atoms with E-state index in [9.17, 15) is 0 Å². The van der Waals surface area contributed by atoms with Gasteiger partial charge in [-0.25, -0.2) is 4.98 Å². The van der Waals surface area contributed by atoms with Gasteiger partial charge in [0.1, 0.15) is 21.5 Å². The summed E-state index contributed by atoms with van der Waals surface area (Å²) in [7, 11) is 0. The van der Waals surface area contributed by atoms with Crippen LogP contribution in [0.3, 0.4) is 0 Å². The maximum Gasteiger partial charge on any atom is 0.143 e. The van der Waals surface area contributed by atoms with Gasteiger partial charge in [-0.15, -0.1) is 11.3 Å². The van der Waals surface area contributed by atoms with Crippen molar-refractivity contribution in [2.45, 2.75) is 19.3 Å². The van der Waals surface area contributed by atoms with E-state index in [1.807, 2.05) is 12.1 Å². The summed E-state index contributed by atoms with van der Waals surface area (Å²) in [5.41, 5.74) is 13.5. The molecule has 5 heteroatoms. The molecule has 0 saturated heterocycles. The van der Waals surface area contributed by atoms with Gasteiger partial charge in [-0.3, -0.25) is 4.98 Å². The van der Waals surface area contributed by atoms with Gasteiger partial charge in [0.15, 0.2) is 0 Å². The number of furan rings is 1. The highest BCUT2D eigenvalue weighted by Crippen LogP contribution is 2.53. The van der Waals surface area contributed by atoms with E-state index < -0.39 is 0 Å². The first-order chi connectivity index (χ1) is 25.5. The summed E-state index contributed by atoms with van der Waals surface area (Å²) in [6, 6.07) is 50.7. The number of hydrogen-bond donors (Lipinski definition) is 0. The number of para-hydroxylation sites is 1. The summed E-state index contributed by atoms with van der Waals surface area (Å²) in [5.74, 6) is 0. The molecule has 3 aromatic heterocycles. The second-order valence-corrected chi connectivity index (χ2v) is 15.2. The number of hydrogen-bond acceptors (Lipinski definition) is 5. The summed E-state index contributed by atoms with van der Waals surface area (Å²) >= 11 is 1.68. The fourth-order valence-electron chi connectivity index (χ4n) is 8.49. The molecule has 0 atom stereocenters. The van der Waals surface area contributed by atoms with Crippen LogP contribution in [0.15, 0.2) is 156 Å². The Morgan fingerprint density at radius 1 is 0.538 bits per heavy atom. The van der Waals surface area contributed by atoms with E-state index in [4.69, 9.17) is 9.40 Å². The zero-order valence-electron chi connectivity index (χ0n) is 28.6. The molecule has 246 valence electrons. The third-order valence-corrected chi connectivity index (χ3v) is 12.1. The molecule has 1 aliphatic rings. The van der Waals surface area contributed by atoms with Gasteiger partial charge in [-0.2, -0.15) is 0 Å². The highest BCUT2D eigenvalue weighted by molar-refractivity contribution is 7.25. The molecule has 0 fully saturated rings. The summed E-state index contributed by atoms with van der Waals surface area (Å²) in [4.78, 5) is 12.7. The number of benzene rings is 7.